The molecule has 6 aromatic carbocycles. The van der Waals surface area contributed by atoms with E-state index in [0.717, 1.165) is 94.4 Å². The van der Waals surface area contributed by atoms with Crippen LogP contribution in [0.25, 0.3) is 100 Å². The van der Waals surface area contributed by atoms with E-state index >= 15 is 0 Å². The summed E-state index contributed by atoms with van der Waals surface area (Å²) in [6, 6.07) is 62.6. The van der Waals surface area contributed by atoms with Gasteiger partial charge < -0.3 is 0 Å². The molecular weight excluding hydrogens is 659 g/mol. The quantitative estimate of drug-likeness (QED) is 0.174. The van der Waals surface area contributed by atoms with Crippen LogP contribution in [-0.4, -0.2) is 24.9 Å². The number of aromatic nitrogens is 5. The summed E-state index contributed by atoms with van der Waals surface area (Å²) in [5.74, 6) is 0.696. The number of rotatable bonds is 6. The molecule has 0 bridgehead atoms. The number of pyridine rings is 3. The number of para-hydroxylation sites is 1. The monoisotopic (exact) mass is 689 g/mol. The Bertz CT molecular complexity index is 2930. The lowest BCUT2D eigenvalue weighted by molar-refractivity contribution is 1.18. The predicted octanol–water partition coefficient (Wildman–Crippen LogP) is 12.1. The van der Waals surface area contributed by atoms with Crippen molar-refractivity contribution in [2.75, 3.05) is 0 Å². The fourth-order valence-electron chi connectivity index (χ4n) is 7.13. The highest BCUT2D eigenvalue weighted by Gasteiger charge is 2.13. The predicted molar refractivity (Wildman–Crippen MR) is 221 cm³/mol. The van der Waals surface area contributed by atoms with Crippen LogP contribution in [0.4, 0.5) is 0 Å². The van der Waals surface area contributed by atoms with E-state index in [-0.39, 0.29) is 0 Å². The molecule has 4 aromatic heterocycles. The van der Waals surface area contributed by atoms with Gasteiger partial charge in [0.05, 0.1) is 39.3 Å². The van der Waals surface area contributed by atoms with E-state index in [4.69, 9.17) is 19.9 Å². The fourth-order valence-corrected chi connectivity index (χ4v) is 7.13. The molecule has 0 aliphatic heterocycles. The Morgan fingerprint density at radius 3 is 1.78 bits per heavy atom. The number of hydrogen-bond donors (Lipinski definition) is 0. The third-order valence-electron chi connectivity index (χ3n) is 9.91. The highest BCUT2D eigenvalue weighted by atomic mass is 14.9. The van der Waals surface area contributed by atoms with Gasteiger partial charge in [-0.3, -0.25) is 4.98 Å². The van der Waals surface area contributed by atoms with Crippen molar-refractivity contribution in [1.82, 2.24) is 24.9 Å². The molecule has 0 atom stereocenters. The molecule has 0 saturated heterocycles. The Balaban J connectivity index is 0.978. The molecule has 252 valence electrons. The van der Waals surface area contributed by atoms with Crippen LogP contribution in [-0.2, 0) is 0 Å². The first kappa shape index (κ1) is 31.4. The lowest BCUT2D eigenvalue weighted by atomic mass is 10.00. The van der Waals surface area contributed by atoms with Gasteiger partial charge in [-0.2, -0.15) is 0 Å². The lowest BCUT2D eigenvalue weighted by Crippen LogP contribution is -1.96. The molecule has 0 fully saturated rings. The maximum absolute atomic E-state index is 5.11. The minimum absolute atomic E-state index is 0.696. The number of fused-ring (bicyclic) bond motifs is 3. The van der Waals surface area contributed by atoms with Crippen molar-refractivity contribution in [1.29, 1.82) is 0 Å². The average molecular weight is 690 g/mol. The summed E-state index contributed by atoms with van der Waals surface area (Å²) in [6.45, 7) is 0. The van der Waals surface area contributed by atoms with Crippen LogP contribution < -0.4 is 0 Å². The minimum Gasteiger partial charge on any atom is -0.256 e. The van der Waals surface area contributed by atoms with Crippen LogP contribution in [0.2, 0.25) is 0 Å². The first-order valence-electron chi connectivity index (χ1n) is 18.0. The Labute approximate surface area is 312 Å². The summed E-state index contributed by atoms with van der Waals surface area (Å²) in [5, 5.41) is 3.28. The van der Waals surface area contributed by atoms with Gasteiger partial charge in [0.15, 0.2) is 5.82 Å². The molecule has 10 rings (SSSR count). The second kappa shape index (κ2) is 13.3. The van der Waals surface area contributed by atoms with Crippen molar-refractivity contribution in [3.05, 3.63) is 188 Å². The maximum Gasteiger partial charge on any atom is 0.160 e. The van der Waals surface area contributed by atoms with Crippen molar-refractivity contribution in [3.8, 4) is 67.5 Å². The van der Waals surface area contributed by atoms with Crippen LogP contribution in [0, 0.1) is 0 Å². The summed E-state index contributed by atoms with van der Waals surface area (Å²) in [7, 11) is 0. The van der Waals surface area contributed by atoms with E-state index in [1.54, 1.807) is 0 Å². The summed E-state index contributed by atoms with van der Waals surface area (Å²) in [4.78, 5) is 24.9. The van der Waals surface area contributed by atoms with Gasteiger partial charge in [-0.1, -0.05) is 133 Å². The molecule has 10 aromatic rings. The third-order valence-corrected chi connectivity index (χ3v) is 9.91. The van der Waals surface area contributed by atoms with Gasteiger partial charge in [0.25, 0.3) is 0 Å². The Hall–Kier alpha value is -7.37. The normalized spacial score (nSPS) is 11.3. The van der Waals surface area contributed by atoms with E-state index in [2.05, 4.69) is 132 Å². The van der Waals surface area contributed by atoms with Crippen molar-refractivity contribution < 1.29 is 0 Å². The molecule has 5 heteroatoms. The van der Waals surface area contributed by atoms with Gasteiger partial charge >= 0.3 is 0 Å². The van der Waals surface area contributed by atoms with E-state index in [0.29, 0.717) is 5.82 Å². The molecule has 0 radical (unpaired) electrons. The molecule has 0 aliphatic rings. The van der Waals surface area contributed by atoms with Gasteiger partial charge in [-0.05, 0) is 59.7 Å². The Kier molecular flexibility index (Phi) is 7.73. The topological polar surface area (TPSA) is 64.5 Å². The summed E-state index contributed by atoms with van der Waals surface area (Å²) >= 11 is 0. The average Bonchev–Trinajstić information content (AvgIpc) is 3.26. The number of nitrogens with zero attached hydrogens (tertiary/aromatic N) is 5. The molecule has 0 spiro atoms. The zero-order valence-electron chi connectivity index (χ0n) is 29.1. The second-order valence-electron chi connectivity index (χ2n) is 13.4. The number of benzene rings is 6. The van der Waals surface area contributed by atoms with Gasteiger partial charge in [0.2, 0.25) is 0 Å². The molecule has 0 aliphatic carbocycles. The van der Waals surface area contributed by atoms with E-state index in [1.807, 2.05) is 60.8 Å². The van der Waals surface area contributed by atoms with Crippen LogP contribution in [0.3, 0.4) is 0 Å². The third kappa shape index (κ3) is 5.94. The molecule has 0 unspecified atom stereocenters. The summed E-state index contributed by atoms with van der Waals surface area (Å²) in [6.07, 6.45) is 1.84. The molecule has 54 heavy (non-hydrogen) atoms. The molecular formula is C49H31N5. The van der Waals surface area contributed by atoms with Crippen molar-refractivity contribution in [2.24, 2.45) is 0 Å². The Morgan fingerprint density at radius 1 is 0.296 bits per heavy atom. The molecule has 0 amide bonds. The highest BCUT2D eigenvalue weighted by Crippen LogP contribution is 2.33. The van der Waals surface area contributed by atoms with Crippen LogP contribution in [0.15, 0.2) is 188 Å². The molecule has 0 N–H and O–H groups in total. The number of hydrogen-bond acceptors (Lipinski definition) is 5. The SMILES string of the molecule is c1ccc(-c2cc(-c3cccc(-c4ccc5cc(-c6ccc7ccc(-c8cccc9cccnc89)nc7c6)ccc5n4)c3)nc(-c3ccccc3)n2)cc1. The largest absolute Gasteiger partial charge is 0.256 e. The molecule has 0 saturated carbocycles. The van der Waals surface area contributed by atoms with Crippen molar-refractivity contribution in [3.63, 3.8) is 0 Å². The Morgan fingerprint density at radius 2 is 0.926 bits per heavy atom. The van der Waals surface area contributed by atoms with E-state index < -0.39 is 0 Å². The minimum atomic E-state index is 0.696. The smallest absolute Gasteiger partial charge is 0.160 e. The van der Waals surface area contributed by atoms with Gasteiger partial charge in [0.1, 0.15) is 0 Å². The summed E-state index contributed by atoms with van der Waals surface area (Å²) < 4.78 is 0. The first-order chi connectivity index (χ1) is 26.7. The van der Waals surface area contributed by atoms with Crippen LogP contribution >= 0.6 is 0 Å². The van der Waals surface area contributed by atoms with Crippen LogP contribution in [0.5, 0.6) is 0 Å². The van der Waals surface area contributed by atoms with Gasteiger partial charge in [-0.25, -0.2) is 19.9 Å². The highest BCUT2D eigenvalue weighted by molar-refractivity contribution is 5.95. The van der Waals surface area contributed by atoms with Gasteiger partial charge in [0, 0.05) is 50.2 Å². The molecule has 4 heterocycles. The standard InChI is InChI=1S/C49H31N5/c1-3-10-32(11-4-1)46-31-47(54-49(53-46)35-12-5-2-6-13-35)39-16-7-15-38(29-39)42-25-23-40-28-36(22-24-43(40)51-42)37-20-19-33-21-26-44(52-45(33)30-37)41-18-8-14-34-17-9-27-50-48(34)41/h1-31H. The van der Waals surface area contributed by atoms with Crippen molar-refractivity contribution in [2.45, 2.75) is 0 Å². The van der Waals surface area contributed by atoms with E-state index in [1.165, 1.54) is 0 Å². The lowest BCUT2D eigenvalue weighted by Gasteiger charge is -2.11. The van der Waals surface area contributed by atoms with E-state index in [9.17, 15) is 0 Å². The van der Waals surface area contributed by atoms with Gasteiger partial charge in [-0.15, -0.1) is 0 Å². The summed E-state index contributed by atoms with van der Waals surface area (Å²) in [5.41, 5.74) is 13.7. The van der Waals surface area contributed by atoms with Crippen LogP contribution in [0.1, 0.15) is 0 Å². The zero-order chi connectivity index (χ0) is 35.8. The first-order valence-corrected chi connectivity index (χ1v) is 18.0. The zero-order valence-corrected chi connectivity index (χ0v) is 29.1. The fraction of sp³-hybridized carbons (Fsp3) is 0. The van der Waals surface area contributed by atoms with Crippen molar-refractivity contribution >= 4 is 32.7 Å². The second-order valence-corrected chi connectivity index (χ2v) is 13.4. The molecule has 5 nitrogen and oxygen atoms in total. The maximum atomic E-state index is 5.11.